The second kappa shape index (κ2) is 12.1. The number of rotatable bonds is 6. The average molecular weight is 618 g/mol. The van der Waals surface area contributed by atoms with Crippen LogP contribution in [-0.2, 0) is 19.0 Å². The van der Waals surface area contributed by atoms with Crippen molar-refractivity contribution in [3.8, 4) is 17.1 Å². The first-order valence-electron chi connectivity index (χ1n) is 16.5. The minimum atomic E-state index is -0.670. The Labute approximate surface area is 261 Å². The molecule has 1 N–H and O–H groups in total. The number of nitrogens with zero attached hydrogens (tertiary/aromatic N) is 3. The number of aliphatic hydroxyl groups excluding tert-OH is 1. The van der Waals surface area contributed by atoms with Crippen molar-refractivity contribution < 1.29 is 33.2 Å². The smallest absolute Gasteiger partial charge is 0.226 e. The van der Waals surface area contributed by atoms with E-state index in [1.807, 2.05) is 39.8 Å². The Kier molecular flexibility index (Phi) is 7.85. The number of hydrogen-bond donors (Lipinski definition) is 1. The number of carbonyl (C=O) groups is 1. The van der Waals surface area contributed by atoms with Gasteiger partial charge in [-0.25, -0.2) is 9.37 Å². The summed E-state index contributed by atoms with van der Waals surface area (Å²) in [6.07, 6.45) is 7.56. The van der Waals surface area contributed by atoms with Crippen LogP contribution in [0.15, 0.2) is 42.5 Å². The van der Waals surface area contributed by atoms with Gasteiger partial charge in [-0.15, -0.1) is 0 Å². The highest BCUT2D eigenvalue weighted by atomic mass is 19.1. The Hall–Kier alpha value is -3.31. The van der Waals surface area contributed by atoms with Gasteiger partial charge in [-0.2, -0.15) is 0 Å². The number of aromatic nitrogens is 2. The average Bonchev–Trinajstić information content (AvgIpc) is 3.88. The highest BCUT2D eigenvalue weighted by Gasteiger charge is 2.49. The van der Waals surface area contributed by atoms with Gasteiger partial charge >= 0.3 is 0 Å². The number of fused-ring (bicyclic) bond motifs is 2. The van der Waals surface area contributed by atoms with Gasteiger partial charge in [0.25, 0.3) is 0 Å². The molecule has 0 saturated carbocycles. The molecular formula is C35H40FN3O6. The van der Waals surface area contributed by atoms with E-state index in [2.05, 4.69) is 6.08 Å². The second-order valence-electron chi connectivity index (χ2n) is 13.0. The summed E-state index contributed by atoms with van der Waals surface area (Å²) in [6, 6.07) is 11.3. The number of allylic oxidation sites excluding steroid dienone is 2. The number of hydrogen-bond acceptors (Lipinski definition) is 7. The van der Waals surface area contributed by atoms with Crippen molar-refractivity contribution in [3.05, 3.63) is 53.9 Å². The Balaban J connectivity index is 1.05. The van der Waals surface area contributed by atoms with Crippen LogP contribution in [-0.4, -0.2) is 82.8 Å². The predicted octanol–water partition coefficient (Wildman–Crippen LogP) is 5.25. The normalized spacial score (nSPS) is 30.1. The summed E-state index contributed by atoms with van der Waals surface area (Å²) >= 11 is 0. The lowest BCUT2D eigenvalue weighted by Gasteiger charge is -2.27. The molecule has 5 aliphatic rings. The molecular weight excluding hydrogens is 577 g/mol. The van der Waals surface area contributed by atoms with E-state index < -0.39 is 24.1 Å². The minimum Gasteiger partial charge on any atom is -0.470 e. The number of ether oxygens (including phenoxy) is 4. The number of aliphatic hydroxyl groups is 1. The summed E-state index contributed by atoms with van der Waals surface area (Å²) in [5.74, 6) is 0.500. The lowest BCUT2D eigenvalue weighted by atomic mass is 9.85. The Morgan fingerprint density at radius 1 is 0.956 bits per heavy atom. The summed E-state index contributed by atoms with van der Waals surface area (Å²) in [7, 11) is 0. The summed E-state index contributed by atoms with van der Waals surface area (Å²) in [5.41, 5.74) is 4.54. The first-order chi connectivity index (χ1) is 22.0. The van der Waals surface area contributed by atoms with Gasteiger partial charge < -0.3 is 29.0 Å². The summed E-state index contributed by atoms with van der Waals surface area (Å²) in [6.45, 7) is 2.93. The number of carbonyl (C=O) groups excluding carboxylic acids is 1. The SMILES string of the molecule is O=C(C1CC=C(c2ccc(-c3nc4cc(O[C@@H]5COC6[C@H](O)CO[C@@H]65)n(C5CCCCO5)c4cc3F)cc2)CC1)N1CCCC1. The van der Waals surface area contributed by atoms with Crippen molar-refractivity contribution in [2.24, 2.45) is 5.92 Å². The molecule has 1 amide bonds. The topological polar surface area (TPSA) is 95.3 Å². The molecule has 6 atom stereocenters. The van der Waals surface area contributed by atoms with E-state index in [0.29, 0.717) is 41.6 Å². The van der Waals surface area contributed by atoms with Gasteiger partial charge in [0.05, 0.1) is 24.2 Å². The van der Waals surface area contributed by atoms with E-state index in [1.54, 1.807) is 0 Å². The molecule has 4 saturated heterocycles. The van der Waals surface area contributed by atoms with Crippen LogP contribution in [0.3, 0.4) is 0 Å². The Morgan fingerprint density at radius 3 is 2.51 bits per heavy atom. The molecule has 0 spiro atoms. The van der Waals surface area contributed by atoms with Crippen LogP contribution in [0.1, 0.15) is 63.2 Å². The molecule has 238 valence electrons. The first-order valence-corrected chi connectivity index (χ1v) is 16.5. The molecule has 4 fully saturated rings. The van der Waals surface area contributed by atoms with Gasteiger partial charge in [0.15, 0.2) is 17.8 Å². The molecule has 4 aliphatic heterocycles. The standard InChI is InChI=1S/C35H40FN3O6/c36-25-17-27-26(18-31(39(27)30-5-1-4-16-42-30)45-29-20-44-33-28(40)19-43-34(29)33)37-32(25)23-10-6-21(7-11-23)22-8-12-24(13-9-22)35(41)38-14-2-3-15-38/h6-8,10-11,17-18,24,28-30,33-34,40H,1-5,9,12-16,19-20H2/t24?,28-,29-,30?,33?,34-/m1/s1. The quantitative estimate of drug-likeness (QED) is 0.404. The maximum Gasteiger partial charge on any atom is 0.226 e. The van der Waals surface area contributed by atoms with Crippen molar-refractivity contribution in [1.82, 2.24) is 14.5 Å². The van der Waals surface area contributed by atoms with Crippen molar-refractivity contribution in [2.75, 3.05) is 32.9 Å². The van der Waals surface area contributed by atoms with E-state index >= 15 is 4.39 Å². The molecule has 0 bridgehead atoms. The molecule has 0 radical (unpaired) electrons. The zero-order valence-corrected chi connectivity index (χ0v) is 25.4. The minimum absolute atomic E-state index is 0.0799. The first kappa shape index (κ1) is 29.1. The van der Waals surface area contributed by atoms with Gasteiger partial charge in [0.1, 0.15) is 30.2 Å². The van der Waals surface area contributed by atoms with E-state index in [-0.39, 0.29) is 30.6 Å². The molecule has 45 heavy (non-hydrogen) atoms. The van der Waals surface area contributed by atoms with Gasteiger partial charge in [0, 0.05) is 43.3 Å². The number of likely N-dealkylation sites (tertiary alicyclic amines) is 1. The third-order valence-corrected chi connectivity index (χ3v) is 10.1. The van der Waals surface area contributed by atoms with E-state index in [4.69, 9.17) is 23.9 Å². The van der Waals surface area contributed by atoms with Crippen LogP contribution >= 0.6 is 0 Å². The van der Waals surface area contributed by atoms with Gasteiger partial charge in [0.2, 0.25) is 5.91 Å². The van der Waals surface area contributed by atoms with Gasteiger partial charge in [-0.1, -0.05) is 30.3 Å². The molecule has 6 heterocycles. The summed E-state index contributed by atoms with van der Waals surface area (Å²) in [4.78, 5) is 19.7. The van der Waals surface area contributed by atoms with Crippen molar-refractivity contribution in [3.63, 3.8) is 0 Å². The second-order valence-corrected chi connectivity index (χ2v) is 13.0. The highest BCUT2D eigenvalue weighted by Crippen LogP contribution is 2.39. The van der Waals surface area contributed by atoms with Crippen molar-refractivity contribution in [2.45, 2.75) is 82.0 Å². The van der Waals surface area contributed by atoms with Crippen molar-refractivity contribution in [1.29, 1.82) is 0 Å². The van der Waals surface area contributed by atoms with Gasteiger partial charge in [-0.05, 0) is 62.5 Å². The van der Waals surface area contributed by atoms with Crippen LogP contribution in [0.5, 0.6) is 5.88 Å². The number of amides is 1. The highest BCUT2D eigenvalue weighted by molar-refractivity contribution is 5.83. The van der Waals surface area contributed by atoms with Crippen LogP contribution < -0.4 is 4.74 Å². The van der Waals surface area contributed by atoms with E-state index in [0.717, 1.165) is 70.0 Å². The van der Waals surface area contributed by atoms with Gasteiger partial charge in [-0.3, -0.25) is 9.36 Å². The molecule has 3 aromatic rings. The zero-order valence-electron chi connectivity index (χ0n) is 25.4. The Morgan fingerprint density at radius 2 is 1.76 bits per heavy atom. The van der Waals surface area contributed by atoms with E-state index in [1.165, 1.54) is 11.6 Å². The fourth-order valence-electron chi connectivity index (χ4n) is 7.67. The lowest BCUT2D eigenvalue weighted by Crippen LogP contribution is -2.35. The fraction of sp³-hybridized carbons (Fsp3) is 0.543. The lowest BCUT2D eigenvalue weighted by molar-refractivity contribution is -0.134. The molecule has 8 rings (SSSR count). The zero-order chi connectivity index (χ0) is 30.5. The van der Waals surface area contributed by atoms with E-state index in [9.17, 15) is 9.90 Å². The van der Waals surface area contributed by atoms with Crippen LogP contribution in [0.4, 0.5) is 4.39 Å². The molecule has 10 heteroatoms. The van der Waals surface area contributed by atoms with Crippen molar-refractivity contribution >= 4 is 22.5 Å². The third-order valence-electron chi connectivity index (χ3n) is 10.1. The fourth-order valence-corrected chi connectivity index (χ4v) is 7.67. The van der Waals surface area contributed by atoms with Crippen LogP contribution in [0, 0.1) is 11.7 Å². The summed E-state index contributed by atoms with van der Waals surface area (Å²) < 4.78 is 41.9. The van der Waals surface area contributed by atoms with Crippen LogP contribution in [0.2, 0.25) is 0 Å². The number of pyridine rings is 1. The van der Waals surface area contributed by atoms with Crippen LogP contribution in [0.25, 0.3) is 27.9 Å². The largest absolute Gasteiger partial charge is 0.470 e. The molecule has 1 aliphatic carbocycles. The molecule has 1 aromatic carbocycles. The Bertz CT molecular complexity index is 1590. The summed E-state index contributed by atoms with van der Waals surface area (Å²) in [5, 5.41) is 10.2. The molecule has 9 nitrogen and oxygen atoms in total. The molecule has 3 unspecified atom stereocenters. The maximum atomic E-state index is 15.8. The monoisotopic (exact) mass is 617 g/mol. The predicted molar refractivity (Wildman–Crippen MR) is 165 cm³/mol. The third kappa shape index (κ3) is 5.45. The number of halogens is 1. The number of benzene rings is 1. The maximum absolute atomic E-state index is 15.8. The molecule has 2 aromatic heterocycles.